The molecule has 3 aromatic heterocycles. The number of unbranched alkanes of at least 4 members (excludes halogenated alkanes) is 1. The first-order valence-electron chi connectivity index (χ1n) is 11.0. The number of nitrogens with one attached hydrogen (secondary N) is 2. The number of fused-ring (bicyclic) bond motifs is 1. The summed E-state index contributed by atoms with van der Waals surface area (Å²) in [5, 5.41) is 1.01. The Labute approximate surface area is 198 Å². The number of H-pyrrole nitrogens is 2. The zero-order valence-corrected chi connectivity index (χ0v) is 19.8. The second-order valence-electron chi connectivity index (χ2n) is 8.06. The van der Waals surface area contributed by atoms with Gasteiger partial charge in [0.25, 0.3) is 5.56 Å². The number of amides is 1. The van der Waals surface area contributed by atoms with E-state index in [1.807, 2.05) is 6.92 Å². The minimum atomic E-state index is -0.641. The second-order valence-corrected chi connectivity index (χ2v) is 9.46. The van der Waals surface area contributed by atoms with Gasteiger partial charge < -0.3 is 15.6 Å². The zero-order chi connectivity index (χ0) is 23.5. The van der Waals surface area contributed by atoms with Crippen LogP contribution in [0.25, 0.3) is 11.2 Å². The van der Waals surface area contributed by atoms with Gasteiger partial charge in [-0.2, -0.15) is 0 Å². The van der Waals surface area contributed by atoms with Crippen molar-refractivity contribution in [3.05, 3.63) is 38.1 Å². The average molecular weight is 492 g/mol. The number of halogens is 1. The van der Waals surface area contributed by atoms with Gasteiger partial charge in [0.1, 0.15) is 5.82 Å². The van der Waals surface area contributed by atoms with Gasteiger partial charge in [-0.05, 0) is 25.3 Å². The first kappa shape index (κ1) is 23.4. The predicted molar refractivity (Wildman–Crippen MR) is 130 cm³/mol. The molecular formula is C21H26ClN7O3S. The summed E-state index contributed by atoms with van der Waals surface area (Å²) < 4.78 is 1.34. The molecule has 4 N–H and O–H groups in total. The summed E-state index contributed by atoms with van der Waals surface area (Å²) in [4.78, 5) is 54.1. The largest absolute Gasteiger partial charge is 0.383 e. The van der Waals surface area contributed by atoms with Gasteiger partial charge in [-0.15, -0.1) is 0 Å². The Hall–Kier alpha value is -2.79. The minimum absolute atomic E-state index is 0.0324. The van der Waals surface area contributed by atoms with Crippen molar-refractivity contribution in [3.8, 4) is 0 Å². The molecule has 3 aromatic rings. The topological polar surface area (TPSA) is 143 Å². The molecule has 0 bridgehead atoms. The highest BCUT2D eigenvalue weighted by Gasteiger charge is 2.32. The standard InChI is InChI=1S/C21H26ClN7O3S/c1-2-3-8-28-17(23)16(19(31)27-21(28)32)29(13-6-4-5-7-13)15(30)11-33-20-25-14-9-12(22)10-24-18(14)26-20/h9-10,13H,2-8,11,23H2,1H3,(H,24,25,26)(H,27,31,32). The van der Waals surface area contributed by atoms with Crippen LogP contribution in [0.3, 0.4) is 0 Å². The molecule has 176 valence electrons. The number of aromatic nitrogens is 5. The van der Waals surface area contributed by atoms with Crippen LogP contribution in [0.1, 0.15) is 45.4 Å². The van der Waals surface area contributed by atoms with Gasteiger partial charge in [-0.3, -0.25) is 19.1 Å². The number of rotatable bonds is 8. The smallest absolute Gasteiger partial charge is 0.330 e. The fraction of sp³-hybridized carbons (Fsp3) is 0.476. The minimum Gasteiger partial charge on any atom is -0.383 e. The van der Waals surface area contributed by atoms with E-state index in [9.17, 15) is 14.4 Å². The van der Waals surface area contributed by atoms with Crippen LogP contribution in [0.2, 0.25) is 5.02 Å². The zero-order valence-electron chi connectivity index (χ0n) is 18.3. The van der Waals surface area contributed by atoms with Crippen LogP contribution >= 0.6 is 23.4 Å². The maximum atomic E-state index is 13.4. The SMILES string of the molecule is CCCCn1c(N)c(N(C(=O)CSc2nc3ncc(Cl)cc3[nH]2)C2CCCC2)c(=O)[nH]c1=O. The van der Waals surface area contributed by atoms with Crippen LogP contribution in [0.15, 0.2) is 27.0 Å². The molecule has 0 aliphatic heterocycles. The number of nitrogens with zero attached hydrogens (tertiary/aromatic N) is 4. The van der Waals surface area contributed by atoms with Gasteiger partial charge in [0, 0.05) is 18.8 Å². The quantitative estimate of drug-likeness (QED) is 0.411. The highest BCUT2D eigenvalue weighted by Crippen LogP contribution is 2.30. The second kappa shape index (κ2) is 10.0. The molecule has 0 unspecified atom stereocenters. The number of hydrogen-bond acceptors (Lipinski definition) is 7. The summed E-state index contributed by atoms with van der Waals surface area (Å²) in [5.74, 6) is -0.196. The number of carbonyl (C=O) groups is 1. The van der Waals surface area contributed by atoms with Gasteiger partial charge in [0.05, 0.1) is 16.3 Å². The molecule has 0 aromatic carbocycles. The molecule has 0 atom stereocenters. The maximum absolute atomic E-state index is 13.4. The van der Waals surface area contributed by atoms with Crippen molar-refractivity contribution in [1.82, 2.24) is 24.5 Å². The normalized spacial score (nSPS) is 14.2. The van der Waals surface area contributed by atoms with Crippen LogP contribution in [-0.2, 0) is 11.3 Å². The Morgan fingerprint density at radius 3 is 2.82 bits per heavy atom. The molecule has 1 fully saturated rings. The van der Waals surface area contributed by atoms with Crippen molar-refractivity contribution in [2.24, 2.45) is 0 Å². The van der Waals surface area contributed by atoms with E-state index in [4.69, 9.17) is 17.3 Å². The van der Waals surface area contributed by atoms with E-state index in [0.717, 1.165) is 38.5 Å². The number of nitrogens with two attached hydrogens (primary N) is 1. The lowest BCUT2D eigenvalue weighted by Gasteiger charge is -2.29. The number of nitrogen functional groups attached to an aromatic ring is 1. The first-order chi connectivity index (χ1) is 15.9. The van der Waals surface area contributed by atoms with E-state index in [2.05, 4.69) is 19.9 Å². The van der Waals surface area contributed by atoms with Crippen LogP contribution in [-0.4, -0.2) is 42.2 Å². The lowest BCUT2D eigenvalue weighted by molar-refractivity contribution is -0.116. The fourth-order valence-corrected chi connectivity index (χ4v) is 5.03. The summed E-state index contributed by atoms with van der Waals surface area (Å²) >= 11 is 7.19. The number of hydrogen-bond donors (Lipinski definition) is 3. The predicted octanol–water partition coefficient (Wildman–Crippen LogP) is 2.91. The molecule has 0 radical (unpaired) electrons. The maximum Gasteiger partial charge on any atom is 0.330 e. The van der Waals surface area contributed by atoms with Crippen LogP contribution in [0.5, 0.6) is 0 Å². The van der Waals surface area contributed by atoms with Gasteiger partial charge in [0.2, 0.25) is 5.91 Å². The summed E-state index contributed by atoms with van der Waals surface area (Å²) in [7, 11) is 0. The van der Waals surface area contributed by atoms with Crippen LogP contribution in [0, 0.1) is 0 Å². The summed E-state index contributed by atoms with van der Waals surface area (Å²) in [6.07, 6.45) is 6.57. The van der Waals surface area contributed by atoms with E-state index in [-0.39, 0.29) is 29.2 Å². The Bertz CT molecular complexity index is 1280. The molecule has 10 nitrogen and oxygen atoms in total. The molecular weight excluding hydrogens is 466 g/mol. The third kappa shape index (κ3) is 4.93. The van der Waals surface area contributed by atoms with Crippen LogP contribution < -0.4 is 21.9 Å². The van der Waals surface area contributed by atoms with Crippen molar-refractivity contribution in [2.45, 2.75) is 63.2 Å². The fourth-order valence-electron chi connectivity index (χ4n) is 4.14. The number of pyridine rings is 1. The Balaban J connectivity index is 1.64. The lowest BCUT2D eigenvalue weighted by atomic mass is 10.2. The molecule has 3 heterocycles. The average Bonchev–Trinajstić information content (AvgIpc) is 3.44. The molecule has 4 rings (SSSR count). The van der Waals surface area contributed by atoms with Crippen molar-refractivity contribution >= 4 is 51.9 Å². The monoisotopic (exact) mass is 491 g/mol. The van der Waals surface area contributed by atoms with Gasteiger partial charge in [0.15, 0.2) is 16.5 Å². The molecule has 12 heteroatoms. The van der Waals surface area contributed by atoms with Gasteiger partial charge >= 0.3 is 5.69 Å². The third-order valence-electron chi connectivity index (χ3n) is 5.76. The van der Waals surface area contributed by atoms with E-state index < -0.39 is 11.2 Å². The summed E-state index contributed by atoms with van der Waals surface area (Å²) in [6.45, 7) is 2.38. The molecule has 1 aliphatic carbocycles. The highest BCUT2D eigenvalue weighted by molar-refractivity contribution is 7.99. The Morgan fingerprint density at radius 2 is 2.09 bits per heavy atom. The molecule has 0 saturated heterocycles. The Morgan fingerprint density at radius 1 is 1.33 bits per heavy atom. The first-order valence-corrected chi connectivity index (χ1v) is 12.3. The van der Waals surface area contributed by atoms with E-state index >= 15 is 0 Å². The third-order valence-corrected chi connectivity index (χ3v) is 6.83. The number of imidazole rings is 1. The number of thioether (sulfide) groups is 1. The van der Waals surface area contributed by atoms with E-state index in [1.165, 1.54) is 27.4 Å². The molecule has 33 heavy (non-hydrogen) atoms. The van der Waals surface area contributed by atoms with Crippen molar-refractivity contribution in [1.29, 1.82) is 0 Å². The van der Waals surface area contributed by atoms with Crippen molar-refractivity contribution in [2.75, 3.05) is 16.4 Å². The van der Waals surface area contributed by atoms with E-state index in [0.29, 0.717) is 27.9 Å². The molecule has 1 saturated carbocycles. The van der Waals surface area contributed by atoms with Gasteiger partial charge in [-0.25, -0.2) is 14.8 Å². The van der Waals surface area contributed by atoms with E-state index in [1.54, 1.807) is 6.07 Å². The summed E-state index contributed by atoms with van der Waals surface area (Å²) in [5.41, 5.74) is 6.34. The van der Waals surface area contributed by atoms with Crippen molar-refractivity contribution < 1.29 is 4.79 Å². The molecule has 1 amide bonds. The molecule has 1 aliphatic rings. The van der Waals surface area contributed by atoms with Gasteiger partial charge in [-0.1, -0.05) is 49.5 Å². The number of anilines is 2. The lowest BCUT2D eigenvalue weighted by Crippen LogP contribution is -2.46. The van der Waals surface area contributed by atoms with Crippen molar-refractivity contribution in [3.63, 3.8) is 0 Å². The molecule has 0 spiro atoms. The Kier molecular flexibility index (Phi) is 7.08. The number of aromatic amines is 2. The number of carbonyl (C=O) groups excluding carboxylic acids is 1. The highest BCUT2D eigenvalue weighted by atomic mass is 35.5. The summed E-state index contributed by atoms with van der Waals surface area (Å²) in [6, 6.07) is 1.57. The van der Waals surface area contributed by atoms with Crippen LogP contribution in [0.4, 0.5) is 11.5 Å².